The Morgan fingerprint density at radius 2 is 2.00 bits per heavy atom. The molecular weight excluding hydrogens is 290 g/mol. The van der Waals surface area contributed by atoms with Crippen LogP contribution in [0.25, 0.3) is 0 Å². The van der Waals surface area contributed by atoms with E-state index in [0.29, 0.717) is 18.5 Å². The van der Waals surface area contributed by atoms with Crippen molar-refractivity contribution in [3.05, 3.63) is 35.9 Å². The van der Waals surface area contributed by atoms with Crippen LogP contribution in [0.3, 0.4) is 0 Å². The van der Waals surface area contributed by atoms with Crippen molar-refractivity contribution in [1.29, 1.82) is 0 Å². The first-order valence-electron chi connectivity index (χ1n) is 8.49. The van der Waals surface area contributed by atoms with Crippen LogP contribution in [0.15, 0.2) is 30.3 Å². The summed E-state index contributed by atoms with van der Waals surface area (Å²) in [5.74, 6) is 0.137. The van der Waals surface area contributed by atoms with Crippen LogP contribution in [-0.2, 0) is 4.79 Å². The van der Waals surface area contributed by atoms with E-state index in [1.54, 1.807) is 12.1 Å². The molecule has 0 radical (unpaired) electrons. The number of piperidine rings is 1. The summed E-state index contributed by atoms with van der Waals surface area (Å²) in [6, 6.07) is 9.33. The molecule has 0 bridgehead atoms. The van der Waals surface area contributed by atoms with Crippen molar-refractivity contribution in [1.82, 2.24) is 15.5 Å². The molecule has 1 aliphatic rings. The van der Waals surface area contributed by atoms with Gasteiger partial charge < -0.3 is 15.5 Å². The van der Waals surface area contributed by atoms with Crippen molar-refractivity contribution < 1.29 is 9.59 Å². The average molecular weight is 317 g/mol. The lowest BCUT2D eigenvalue weighted by atomic mass is 10.0. The Morgan fingerprint density at radius 3 is 2.74 bits per heavy atom. The number of hydrogen-bond donors (Lipinski definition) is 2. The second-order valence-electron chi connectivity index (χ2n) is 6.02. The molecule has 0 aliphatic carbocycles. The van der Waals surface area contributed by atoms with E-state index >= 15 is 0 Å². The molecule has 23 heavy (non-hydrogen) atoms. The van der Waals surface area contributed by atoms with Gasteiger partial charge in [0.25, 0.3) is 5.91 Å². The lowest BCUT2D eigenvalue weighted by Crippen LogP contribution is -2.49. The molecule has 1 saturated heterocycles. The van der Waals surface area contributed by atoms with Gasteiger partial charge in [-0.3, -0.25) is 9.59 Å². The minimum Gasteiger partial charge on any atom is -0.350 e. The average Bonchev–Trinajstić information content (AvgIpc) is 2.60. The minimum atomic E-state index is -0.0706. The highest BCUT2D eigenvalue weighted by Gasteiger charge is 2.26. The van der Waals surface area contributed by atoms with Crippen molar-refractivity contribution in [3.8, 4) is 0 Å². The fraction of sp³-hybridized carbons (Fsp3) is 0.556. The molecule has 5 nitrogen and oxygen atoms in total. The molecule has 0 spiro atoms. The molecule has 2 N–H and O–H groups in total. The third-order valence-electron chi connectivity index (χ3n) is 4.30. The van der Waals surface area contributed by atoms with E-state index in [4.69, 9.17) is 0 Å². The fourth-order valence-corrected chi connectivity index (χ4v) is 3.00. The minimum absolute atomic E-state index is 0.0706. The third kappa shape index (κ3) is 5.36. The van der Waals surface area contributed by atoms with Crippen LogP contribution >= 0.6 is 0 Å². The van der Waals surface area contributed by atoms with Gasteiger partial charge in [0.1, 0.15) is 0 Å². The van der Waals surface area contributed by atoms with Crippen LogP contribution in [0.1, 0.15) is 42.5 Å². The molecule has 0 saturated carbocycles. The predicted octanol–water partition coefficient (Wildman–Crippen LogP) is 1.80. The van der Waals surface area contributed by atoms with E-state index in [1.165, 1.54) is 0 Å². The molecule has 1 heterocycles. The standard InChI is InChI=1S/C18H27N3O2/c1-19-12-7-11-17(22)21-13-6-5-10-16(21)14-20-18(23)15-8-3-2-4-9-15/h2-4,8-9,16,19H,5-7,10-14H2,1H3,(H,20,23). The van der Waals surface area contributed by atoms with E-state index in [1.807, 2.05) is 30.1 Å². The van der Waals surface area contributed by atoms with Gasteiger partial charge in [-0.25, -0.2) is 0 Å². The van der Waals surface area contributed by atoms with Crippen molar-refractivity contribution in [2.24, 2.45) is 0 Å². The summed E-state index contributed by atoms with van der Waals surface area (Å²) < 4.78 is 0. The molecule has 2 rings (SSSR count). The number of benzene rings is 1. The van der Waals surface area contributed by atoms with E-state index in [-0.39, 0.29) is 17.9 Å². The lowest BCUT2D eigenvalue weighted by Gasteiger charge is -2.36. The largest absolute Gasteiger partial charge is 0.350 e. The van der Waals surface area contributed by atoms with E-state index in [2.05, 4.69) is 10.6 Å². The van der Waals surface area contributed by atoms with Crippen molar-refractivity contribution >= 4 is 11.8 Å². The Hall–Kier alpha value is -1.88. The van der Waals surface area contributed by atoms with Crippen molar-refractivity contribution in [2.45, 2.75) is 38.1 Å². The van der Waals surface area contributed by atoms with Crippen LogP contribution < -0.4 is 10.6 Å². The number of carbonyl (C=O) groups excluding carboxylic acids is 2. The van der Waals surface area contributed by atoms with E-state index in [0.717, 1.165) is 38.8 Å². The number of amides is 2. The number of likely N-dealkylation sites (tertiary alicyclic amines) is 1. The zero-order valence-electron chi connectivity index (χ0n) is 13.9. The summed E-state index contributed by atoms with van der Waals surface area (Å²) in [5, 5.41) is 6.04. The van der Waals surface area contributed by atoms with Crippen LogP contribution in [0.5, 0.6) is 0 Å². The molecule has 1 unspecified atom stereocenters. The van der Waals surface area contributed by atoms with Gasteiger partial charge in [-0.05, 0) is 51.4 Å². The predicted molar refractivity (Wildman–Crippen MR) is 91.3 cm³/mol. The normalized spacial score (nSPS) is 17.8. The molecule has 5 heteroatoms. The first kappa shape index (κ1) is 17.5. The molecule has 1 aromatic carbocycles. The van der Waals surface area contributed by atoms with Crippen LogP contribution in [-0.4, -0.2) is 49.4 Å². The molecule has 0 aromatic heterocycles. The number of carbonyl (C=O) groups is 2. The molecule has 1 fully saturated rings. The number of nitrogens with zero attached hydrogens (tertiary/aromatic N) is 1. The van der Waals surface area contributed by atoms with Gasteiger partial charge in [-0.2, -0.15) is 0 Å². The molecular formula is C18H27N3O2. The topological polar surface area (TPSA) is 61.4 Å². The summed E-state index contributed by atoms with van der Waals surface area (Å²) in [4.78, 5) is 26.5. The monoisotopic (exact) mass is 317 g/mol. The van der Waals surface area contributed by atoms with Gasteiger partial charge in [-0.1, -0.05) is 18.2 Å². The maximum Gasteiger partial charge on any atom is 0.251 e. The SMILES string of the molecule is CNCCCC(=O)N1CCCCC1CNC(=O)c1ccccc1. The number of rotatable bonds is 7. The second kappa shape index (κ2) is 9.30. The molecule has 2 amide bonds. The van der Waals surface area contributed by atoms with Gasteiger partial charge in [0.15, 0.2) is 0 Å². The highest BCUT2D eigenvalue weighted by molar-refractivity contribution is 5.94. The smallest absolute Gasteiger partial charge is 0.251 e. The van der Waals surface area contributed by atoms with E-state index < -0.39 is 0 Å². The second-order valence-corrected chi connectivity index (χ2v) is 6.02. The summed E-state index contributed by atoms with van der Waals surface area (Å²) in [7, 11) is 1.90. The van der Waals surface area contributed by atoms with Crippen LogP contribution in [0.2, 0.25) is 0 Å². The van der Waals surface area contributed by atoms with Gasteiger partial charge in [0.05, 0.1) is 0 Å². The van der Waals surface area contributed by atoms with Gasteiger partial charge in [0.2, 0.25) is 5.91 Å². The number of nitrogens with one attached hydrogen (secondary N) is 2. The molecule has 1 aromatic rings. The fourth-order valence-electron chi connectivity index (χ4n) is 3.00. The summed E-state index contributed by atoms with van der Waals surface area (Å²) >= 11 is 0. The molecule has 1 aliphatic heterocycles. The summed E-state index contributed by atoms with van der Waals surface area (Å²) in [5.41, 5.74) is 0.662. The zero-order chi connectivity index (χ0) is 16.5. The first-order chi connectivity index (χ1) is 11.2. The zero-order valence-corrected chi connectivity index (χ0v) is 13.9. The highest BCUT2D eigenvalue weighted by atomic mass is 16.2. The quantitative estimate of drug-likeness (QED) is 0.754. The van der Waals surface area contributed by atoms with Gasteiger partial charge >= 0.3 is 0 Å². The van der Waals surface area contributed by atoms with Crippen molar-refractivity contribution in [3.63, 3.8) is 0 Å². The Kier molecular flexibility index (Phi) is 7.07. The van der Waals surface area contributed by atoms with Gasteiger partial charge in [0, 0.05) is 31.1 Å². The Balaban J connectivity index is 1.86. The maximum atomic E-state index is 12.4. The van der Waals surface area contributed by atoms with Crippen LogP contribution in [0.4, 0.5) is 0 Å². The summed E-state index contributed by atoms with van der Waals surface area (Å²) in [6.07, 6.45) is 4.57. The maximum absolute atomic E-state index is 12.4. The summed E-state index contributed by atoms with van der Waals surface area (Å²) in [6.45, 7) is 2.20. The van der Waals surface area contributed by atoms with E-state index in [9.17, 15) is 9.59 Å². The first-order valence-corrected chi connectivity index (χ1v) is 8.49. The third-order valence-corrected chi connectivity index (χ3v) is 4.30. The van der Waals surface area contributed by atoms with Crippen molar-refractivity contribution in [2.75, 3.05) is 26.7 Å². The lowest BCUT2D eigenvalue weighted by molar-refractivity contribution is -0.134. The van der Waals surface area contributed by atoms with Gasteiger partial charge in [-0.15, -0.1) is 0 Å². The molecule has 126 valence electrons. The Labute approximate surface area is 138 Å². The Morgan fingerprint density at radius 1 is 1.22 bits per heavy atom. The molecule has 1 atom stereocenters. The Bertz CT molecular complexity index is 504. The highest BCUT2D eigenvalue weighted by Crippen LogP contribution is 2.18. The number of hydrogen-bond acceptors (Lipinski definition) is 3. The van der Waals surface area contributed by atoms with Crippen LogP contribution in [0, 0.1) is 0 Å².